The summed E-state index contributed by atoms with van der Waals surface area (Å²) in [5, 5.41) is 3.89. The van der Waals surface area contributed by atoms with Gasteiger partial charge in [0.1, 0.15) is 11.4 Å². The third-order valence-electron chi connectivity index (χ3n) is 7.75. The Morgan fingerprint density at radius 1 is 0.559 bits per heavy atom. The molecule has 0 spiro atoms. The van der Waals surface area contributed by atoms with Gasteiger partial charge in [-0.3, -0.25) is 0 Å². The van der Waals surface area contributed by atoms with Gasteiger partial charge in [0.15, 0.2) is 0 Å². The number of nitrogens with zero attached hydrogens (tertiary/aromatic N) is 2. The SMILES string of the molecule is c1ccc([N+]2(c3ccccc3)c3c4ccccc4cc4ccc5[n+](c34)C2c2ccccc2-5)cc1. The highest BCUT2D eigenvalue weighted by Gasteiger charge is 2.63. The molecule has 2 nitrogen and oxygen atoms in total. The van der Waals surface area contributed by atoms with Gasteiger partial charge in [-0.2, -0.15) is 4.48 Å². The summed E-state index contributed by atoms with van der Waals surface area (Å²) in [6.07, 6.45) is 0.0977. The van der Waals surface area contributed by atoms with E-state index in [1.54, 1.807) is 0 Å². The molecule has 0 saturated heterocycles. The zero-order chi connectivity index (χ0) is 22.3. The minimum atomic E-state index is 0.0977. The second kappa shape index (κ2) is 6.40. The van der Waals surface area contributed by atoms with Crippen molar-refractivity contribution < 1.29 is 4.57 Å². The van der Waals surface area contributed by atoms with E-state index in [2.05, 4.69) is 132 Å². The molecule has 0 aliphatic carbocycles. The number of fused-ring (bicyclic) bond motifs is 5. The summed E-state index contributed by atoms with van der Waals surface area (Å²) in [6.45, 7) is 0. The van der Waals surface area contributed by atoms with Crippen molar-refractivity contribution >= 4 is 38.7 Å². The third-order valence-corrected chi connectivity index (χ3v) is 7.75. The fourth-order valence-electron chi connectivity index (χ4n) is 6.53. The van der Waals surface area contributed by atoms with Crippen molar-refractivity contribution in [3.05, 3.63) is 133 Å². The lowest BCUT2D eigenvalue weighted by molar-refractivity contribution is -0.677. The fourth-order valence-corrected chi connectivity index (χ4v) is 6.53. The third kappa shape index (κ3) is 2.03. The lowest BCUT2D eigenvalue weighted by atomic mass is 9.97. The molecule has 0 fully saturated rings. The van der Waals surface area contributed by atoms with Gasteiger partial charge in [0.05, 0.1) is 21.9 Å². The molecule has 1 atom stereocenters. The molecule has 34 heavy (non-hydrogen) atoms. The van der Waals surface area contributed by atoms with Crippen LogP contribution in [-0.4, -0.2) is 0 Å². The average molecular weight is 435 g/mol. The van der Waals surface area contributed by atoms with Gasteiger partial charge < -0.3 is 0 Å². The maximum absolute atomic E-state index is 2.61. The predicted octanol–water partition coefficient (Wildman–Crippen LogP) is 7.79. The van der Waals surface area contributed by atoms with Gasteiger partial charge >= 0.3 is 6.17 Å². The Hall–Kier alpha value is -4.27. The predicted molar refractivity (Wildman–Crippen MR) is 139 cm³/mol. The van der Waals surface area contributed by atoms with Crippen molar-refractivity contribution in [2.45, 2.75) is 6.17 Å². The highest BCUT2D eigenvalue weighted by atomic mass is 15.5. The summed E-state index contributed by atoms with van der Waals surface area (Å²) in [4.78, 5) is 0. The Morgan fingerprint density at radius 2 is 1.21 bits per heavy atom. The van der Waals surface area contributed by atoms with Crippen LogP contribution in [0.1, 0.15) is 11.7 Å². The number of hydrogen-bond acceptors (Lipinski definition) is 0. The summed E-state index contributed by atoms with van der Waals surface area (Å²) in [5.74, 6) is 0. The van der Waals surface area contributed by atoms with Crippen LogP contribution in [0.2, 0.25) is 0 Å². The normalized spacial score (nSPS) is 16.8. The topological polar surface area (TPSA) is 3.88 Å². The first-order valence-electron chi connectivity index (χ1n) is 11.9. The maximum Gasteiger partial charge on any atom is 0.327 e. The van der Waals surface area contributed by atoms with Crippen LogP contribution in [0, 0.1) is 0 Å². The molecule has 3 heterocycles. The number of para-hydroxylation sites is 2. The van der Waals surface area contributed by atoms with Crippen LogP contribution in [0.15, 0.2) is 127 Å². The van der Waals surface area contributed by atoms with Crippen LogP contribution in [0.25, 0.3) is 32.9 Å². The highest BCUT2D eigenvalue weighted by molar-refractivity contribution is 6.11. The quantitative estimate of drug-likeness (QED) is 0.149. The van der Waals surface area contributed by atoms with Crippen molar-refractivity contribution in [1.82, 2.24) is 4.48 Å². The van der Waals surface area contributed by atoms with Crippen molar-refractivity contribution in [2.24, 2.45) is 0 Å². The van der Waals surface area contributed by atoms with E-state index in [1.807, 2.05) is 0 Å². The molecule has 0 bridgehead atoms. The summed E-state index contributed by atoms with van der Waals surface area (Å²) < 4.78 is 3.26. The van der Waals surface area contributed by atoms with Gasteiger partial charge in [-0.1, -0.05) is 66.7 Å². The first-order valence-corrected chi connectivity index (χ1v) is 11.9. The molecular weight excluding hydrogens is 412 g/mol. The molecule has 0 amide bonds. The molecule has 5 aromatic carbocycles. The van der Waals surface area contributed by atoms with E-state index in [0.29, 0.717) is 4.48 Å². The number of aromatic nitrogens is 1. The van der Waals surface area contributed by atoms with E-state index in [9.17, 15) is 0 Å². The highest BCUT2D eigenvalue weighted by Crippen LogP contribution is 2.60. The number of rotatable bonds is 2. The molecule has 6 aromatic rings. The van der Waals surface area contributed by atoms with Crippen LogP contribution in [-0.2, 0) is 0 Å². The number of pyridine rings is 1. The molecule has 1 unspecified atom stereocenters. The van der Waals surface area contributed by atoms with Crippen LogP contribution in [0.4, 0.5) is 17.1 Å². The Kier molecular flexibility index (Phi) is 3.43. The second-order valence-corrected chi connectivity index (χ2v) is 9.33. The number of benzene rings is 5. The van der Waals surface area contributed by atoms with Crippen LogP contribution in [0.5, 0.6) is 0 Å². The van der Waals surface area contributed by atoms with Gasteiger partial charge in [-0.25, -0.2) is 0 Å². The van der Waals surface area contributed by atoms with Crippen molar-refractivity contribution in [1.29, 1.82) is 0 Å². The van der Waals surface area contributed by atoms with Crippen LogP contribution in [0.3, 0.4) is 0 Å². The zero-order valence-electron chi connectivity index (χ0n) is 18.6. The van der Waals surface area contributed by atoms with Gasteiger partial charge in [0.2, 0.25) is 11.4 Å². The van der Waals surface area contributed by atoms with E-state index >= 15 is 0 Å². The minimum absolute atomic E-state index is 0.0977. The molecule has 8 rings (SSSR count). The van der Waals surface area contributed by atoms with Gasteiger partial charge in [0.25, 0.3) is 5.52 Å². The van der Waals surface area contributed by atoms with Gasteiger partial charge in [0, 0.05) is 30.3 Å². The molecule has 1 aromatic heterocycles. The Labute approximate surface area is 198 Å². The summed E-state index contributed by atoms with van der Waals surface area (Å²) in [7, 11) is 0. The molecular formula is C32H22N2+2. The molecule has 2 heteroatoms. The van der Waals surface area contributed by atoms with Crippen molar-refractivity contribution in [3.63, 3.8) is 0 Å². The number of quaternary nitrogens is 1. The lowest BCUT2D eigenvalue weighted by Gasteiger charge is -2.35. The minimum Gasteiger partial charge on any atom is -0.158 e. The summed E-state index contributed by atoms with van der Waals surface area (Å²) in [5.41, 5.74) is 9.28. The molecule has 0 N–H and O–H groups in total. The van der Waals surface area contributed by atoms with Crippen LogP contribution < -0.4 is 9.05 Å². The fraction of sp³-hybridized carbons (Fsp3) is 0.0312. The molecule has 0 saturated carbocycles. The lowest BCUT2D eigenvalue weighted by Crippen LogP contribution is -2.50. The number of hydrogen-bond donors (Lipinski definition) is 0. The van der Waals surface area contributed by atoms with E-state index in [1.165, 1.54) is 55.6 Å². The van der Waals surface area contributed by atoms with Crippen LogP contribution >= 0.6 is 0 Å². The first kappa shape index (κ1) is 18.2. The van der Waals surface area contributed by atoms with Gasteiger partial charge in [-0.15, -0.1) is 4.57 Å². The molecule has 158 valence electrons. The second-order valence-electron chi connectivity index (χ2n) is 9.33. The molecule has 2 aliphatic rings. The van der Waals surface area contributed by atoms with Crippen molar-refractivity contribution in [3.8, 4) is 11.3 Å². The first-order chi connectivity index (χ1) is 16.9. The molecule has 2 aliphatic heterocycles. The molecule has 0 radical (unpaired) electrons. The van der Waals surface area contributed by atoms with Gasteiger partial charge in [-0.05, 0) is 35.7 Å². The average Bonchev–Trinajstić information content (AvgIpc) is 3.42. The summed E-state index contributed by atoms with van der Waals surface area (Å²) >= 11 is 0. The Balaban J connectivity index is 1.69. The van der Waals surface area contributed by atoms with E-state index in [4.69, 9.17) is 0 Å². The maximum atomic E-state index is 2.61. The summed E-state index contributed by atoms with van der Waals surface area (Å²) in [6, 6.07) is 47.0. The van der Waals surface area contributed by atoms with E-state index < -0.39 is 0 Å². The Morgan fingerprint density at radius 3 is 1.97 bits per heavy atom. The van der Waals surface area contributed by atoms with E-state index in [0.717, 1.165) is 0 Å². The zero-order valence-corrected chi connectivity index (χ0v) is 18.6. The largest absolute Gasteiger partial charge is 0.327 e. The standard InChI is InChI=1S/C32H22N2/c1-3-12-24(13-4-1)34(25-14-5-2-6-15-25)31-26-16-8-7-11-22(26)21-23-19-20-29-27-17-9-10-18-28(27)32(34)33(29)30(23)31/h1-21,32H/q+2. The van der Waals surface area contributed by atoms with Crippen molar-refractivity contribution in [2.75, 3.05) is 0 Å². The van der Waals surface area contributed by atoms with E-state index in [-0.39, 0.29) is 6.17 Å². The smallest absolute Gasteiger partial charge is 0.158 e. The Bertz CT molecular complexity index is 1710. The monoisotopic (exact) mass is 434 g/mol.